The van der Waals surface area contributed by atoms with Crippen LogP contribution in [0, 0.1) is 0 Å². The molecule has 4 heteroatoms. The van der Waals surface area contributed by atoms with E-state index in [1.54, 1.807) is 0 Å². The van der Waals surface area contributed by atoms with Crippen molar-refractivity contribution in [3.63, 3.8) is 0 Å². The molecule has 0 spiro atoms. The van der Waals surface area contributed by atoms with Gasteiger partial charge in [-0.25, -0.2) is 0 Å². The number of hydrogen-bond acceptors (Lipinski definition) is 4. The van der Waals surface area contributed by atoms with Crippen LogP contribution >= 0.6 is 0 Å². The van der Waals surface area contributed by atoms with Crippen molar-refractivity contribution in [3.8, 4) is 22.3 Å². The summed E-state index contributed by atoms with van der Waals surface area (Å²) in [7, 11) is 2.84. The number of hydrogen-bond donors (Lipinski definition) is 0. The van der Waals surface area contributed by atoms with E-state index in [2.05, 4.69) is 60.7 Å². The smallest absolute Gasteiger partial charge is 0.309 e. The Morgan fingerprint density at radius 1 is 0.500 bits per heavy atom. The van der Waals surface area contributed by atoms with Gasteiger partial charge in [-0.3, -0.25) is 9.59 Å². The summed E-state index contributed by atoms with van der Waals surface area (Å²) in [5, 5.41) is 6.98. The summed E-state index contributed by atoms with van der Waals surface area (Å²) >= 11 is 0. The molecule has 0 amide bonds. The van der Waals surface area contributed by atoms with E-state index in [1.807, 2.05) is 36.4 Å². The Kier molecular flexibility index (Phi) is 6.01. The van der Waals surface area contributed by atoms with Crippen molar-refractivity contribution in [2.24, 2.45) is 0 Å². The van der Waals surface area contributed by atoms with Gasteiger partial charge in [-0.2, -0.15) is 0 Å². The highest BCUT2D eigenvalue weighted by Gasteiger charge is 2.18. The number of ether oxygens (including phenoxy) is 2. The van der Waals surface area contributed by atoms with Crippen LogP contribution in [-0.2, 0) is 31.9 Å². The first-order chi connectivity index (χ1) is 18.6. The summed E-state index contributed by atoms with van der Waals surface area (Å²) in [5.74, 6) is -0.518. The van der Waals surface area contributed by atoms with Gasteiger partial charge < -0.3 is 9.47 Å². The lowest BCUT2D eigenvalue weighted by atomic mass is 9.85. The molecular formula is C34H26O4. The largest absolute Gasteiger partial charge is 0.469 e. The summed E-state index contributed by atoms with van der Waals surface area (Å²) in [4.78, 5) is 24.3. The van der Waals surface area contributed by atoms with Crippen molar-refractivity contribution in [2.75, 3.05) is 14.2 Å². The van der Waals surface area contributed by atoms with Crippen molar-refractivity contribution in [1.29, 1.82) is 0 Å². The minimum absolute atomic E-state index is 0.218. The topological polar surface area (TPSA) is 52.6 Å². The zero-order chi connectivity index (χ0) is 26.2. The first kappa shape index (κ1) is 23.7. The monoisotopic (exact) mass is 498 g/mol. The van der Waals surface area contributed by atoms with E-state index in [1.165, 1.54) is 25.0 Å². The molecule has 0 N–H and O–H groups in total. The van der Waals surface area contributed by atoms with Crippen LogP contribution in [0.25, 0.3) is 54.6 Å². The van der Waals surface area contributed by atoms with Crippen molar-refractivity contribution < 1.29 is 19.1 Å². The first-order valence-corrected chi connectivity index (χ1v) is 12.6. The third-order valence-corrected chi connectivity index (χ3v) is 7.40. The van der Waals surface area contributed by atoms with Crippen LogP contribution in [0.1, 0.15) is 11.1 Å². The number of rotatable bonds is 6. The molecule has 186 valence electrons. The molecule has 0 fully saturated rings. The van der Waals surface area contributed by atoms with E-state index < -0.39 is 0 Å². The van der Waals surface area contributed by atoms with E-state index in [-0.39, 0.29) is 24.8 Å². The average molecular weight is 499 g/mol. The lowest BCUT2D eigenvalue weighted by molar-refractivity contribution is -0.140. The molecule has 0 bridgehead atoms. The van der Waals surface area contributed by atoms with Crippen LogP contribution in [0.2, 0.25) is 0 Å². The van der Waals surface area contributed by atoms with E-state index in [0.717, 1.165) is 54.9 Å². The highest BCUT2D eigenvalue weighted by atomic mass is 16.5. The van der Waals surface area contributed by atoms with Gasteiger partial charge in [0.15, 0.2) is 0 Å². The molecule has 0 aromatic heterocycles. The van der Waals surface area contributed by atoms with Gasteiger partial charge in [0.2, 0.25) is 0 Å². The van der Waals surface area contributed by atoms with Crippen molar-refractivity contribution >= 4 is 44.3 Å². The van der Waals surface area contributed by atoms with Crippen LogP contribution in [0.3, 0.4) is 0 Å². The molecule has 0 unspecified atom stereocenters. The maximum atomic E-state index is 12.1. The zero-order valence-electron chi connectivity index (χ0n) is 21.3. The molecule has 6 rings (SSSR count). The molecule has 0 radical (unpaired) electrons. The molecule has 0 aliphatic carbocycles. The van der Waals surface area contributed by atoms with Gasteiger partial charge in [0, 0.05) is 0 Å². The SMILES string of the molecule is COC(=O)Cc1ccccc1-c1ccc2ccc3c(-c4ccccc4CC(=O)OC)ccc4ccc1c2c43. The van der Waals surface area contributed by atoms with Gasteiger partial charge in [-0.1, -0.05) is 97.1 Å². The number of benzene rings is 6. The van der Waals surface area contributed by atoms with E-state index in [0.29, 0.717) is 0 Å². The minimum Gasteiger partial charge on any atom is -0.469 e. The maximum absolute atomic E-state index is 12.1. The number of carbonyl (C=O) groups excluding carboxylic acids is 2. The predicted octanol–water partition coefficient (Wildman–Crippen LogP) is 7.35. The Bertz CT molecular complexity index is 1700. The number of esters is 2. The van der Waals surface area contributed by atoms with E-state index in [9.17, 15) is 9.59 Å². The Hall–Kier alpha value is -4.70. The summed E-state index contributed by atoms with van der Waals surface area (Å²) in [6.45, 7) is 0. The standard InChI is InChI=1S/C34H26O4/c1-37-31(35)19-23-7-3-5-9-25(23)27-15-11-21-14-18-30-28(16-12-22-13-17-29(27)33(21)34(22)30)26-10-6-4-8-24(26)20-32(36)38-2/h3-18H,19-20H2,1-2H3. The molecule has 0 aliphatic heterocycles. The fourth-order valence-corrected chi connectivity index (χ4v) is 5.60. The second-order valence-electron chi connectivity index (χ2n) is 9.47. The van der Waals surface area contributed by atoms with Crippen LogP contribution in [0.15, 0.2) is 97.1 Å². The van der Waals surface area contributed by atoms with Gasteiger partial charge in [0.1, 0.15) is 0 Å². The normalized spacial score (nSPS) is 11.3. The second-order valence-corrected chi connectivity index (χ2v) is 9.47. The summed E-state index contributed by atoms with van der Waals surface area (Å²) in [6.07, 6.45) is 0.436. The second kappa shape index (κ2) is 9.64. The van der Waals surface area contributed by atoms with Crippen molar-refractivity contribution in [1.82, 2.24) is 0 Å². The van der Waals surface area contributed by atoms with Crippen molar-refractivity contribution in [2.45, 2.75) is 12.8 Å². The Balaban J connectivity index is 1.61. The molecule has 0 aliphatic rings. The first-order valence-electron chi connectivity index (χ1n) is 12.6. The van der Waals surface area contributed by atoms with Gasteiger partial charge >= 0.3 is 11.9 Å². The number of methoxy groups -OCH3 is 2. The summed E-state index contributed by atoms with van der Waals surface area (Å²) in [5.41, 5.74) is 6.10. The molecule has 0 saturated heterocycles. The van der Waals surface area contributed by atoms with Crippen LogP contribution in [0.4, 0.5) is 0 Å². The van der Waals surface area contributed by atoms with Gasteiger partial charge in [0.25, 0.3) is 0 Å². The van der Waals surface area contributed by atoms with Gasteiger partial charge in [-0.05, 0) is 65.7 Å². The maximum Gasteiger partial charge on any atom is 0.309 e. The zero-order valence-corrected chi connectivity index (χ0v) is 21.3. The Labute approximate surface area is 220 Å². The highest BCUT2D eigenvalue weighted by Crippen LogP contribution is 2.43. The van der Waals surface area contributed by atoms with Crippen LogP contribution in [-0.4, -0.2) is 26.2 Å². The fourth-order valence-electron chi connectivity index (χ4n) is 5.60. The van der Waals surface area contributed by atoms with Crippen LogP contribution < -0.4 is 0 Å². The Morgan fingerprint density at radius 2 is 0.895 bits per heavy atom. The molecule has 0 saturated carbocycles. The summed E-state index contributed by atoms with van der Waals surface area (Å²) < 4.78 is 9.91. The Morgan fingerprint density at radius 3 is 1.32 bits per heavy atom. The van der Waals surface area contributed by atoms with E-state index in [4.69, 9.17) is 9.47 Å². The molecule has 0 heterocycles. The number of carbonyl (C=O) groups is 2. The molecule has 6 aromatic rings. The van der Waals surface area contributed by atoms with Crippen LogP contribution in [0.5, 0.6) is 0 Å². The van der Waals surface area contributed by atoms with E-state index >= 15 is 0 Å². The average Bonchev–Trinajstić information content (AvgIpc) is 2.96. The van der Waals surface area contributed by atoms with Gasteiger partial charge in [-0.15, -0.1) is 0 Å². The third kappa shape index (κ3) is 3.95. The van der Waals surface area contributed by atoms with Crippen molar-refractivity contribution in [3.05, 3.63) is 108 Å². The fraction of sp³-hybridized carbons (Fsp3) is 0.118. The lowest BCUT2D eigenvalue weighted by Gasteiger charge is -2.18. The highest BCUT2D eigenvalue weighted by molar-refractivity contribution is 6.27. The lowest BCUT2D eigenvalue weighted by Crippen LogP contribution is -2.05. The molecule has 4 nitrogen and oxygen atoms in total. The third-order valence-electron chi connectivity index (χ3n) is 7.40. The minimum atomic E-state index is -0.259. The van der Waals surface area contributed by atoms with Gasteiger partial charge in [0.05, 0.1) is 27.1 Å². The quantitative estimate of drug-likeness (QED) is 0.178. The predicted molar refractivity (Wildman–Crippen MR) is 152 cm³/mol. The molecule has 6 aromatic carbocycles. The molecule has 0 atom stereocenters. The molecular weight excluding hydrogens is 472 g/mol. The molecule has 38 heavy (non-hydrogen) atoms. The summed E-state index contributed by atoms with van der Waals surface area (Å²) in [6, 6.07) is 33.3.